The lowest BCUT2D eigenvalue weighted by Crippen LogP contribution is -2.31. The number of benzene rings is 2. The highest BCUT2D eigenvalue weighted by atomic mass is 35.5. The highest BCUT2D eigenvalue weighted by Crippen LogP contribution is 2.25. The zero-order valence-corrected chi connectivity index (χ0v) is 15.3. The first-order chi connectivity index (χ1) is 12.4. The minimum absolute atomic E-state index is 0.0858. The third-order valence-electron chi connectivity index (χ3n) is 3.70. The van der Waals surface area contributed by atoms with Gasteiger partial charge in [-0.25, -0.2) is 4.79 Å². The molecule has 2 aromatic rings. The fourth-order valence-corrected chi connectivity index (χ4v) is 2.36. The van der Waals surface area contributed by atoms with Crippen LogP contribution in [0.25, 0.3) is 0 Å². The molecule has 0 unspecified atom stereocenters. The summed E-state index contributed by atoms with van der Waals surface area (Å²) >= 11 is 6.03. The molecule has 2 aromatic carbocycles. The van der Waals surface area contributed by atoms with Crippen molar-refractivity contribution in [3.05, 3.63) is 58.6 Å². The van der Waals surface area contributed by atoms with Crippen molar-refractivity contribution in [2.45, 2.75) is 13.5 Å². The number of likely N-dealkylation sites (N-methyl/N-ethyl adjacent to an activating group) is 1. The van der Waals surface area contributed by atoms with Crippen LogP contribution in [0.2, 0.25) is 5.02 Å². The van der Waals surface area contributed by atoms with Crippen molar-refractivity contribution >= 4 is 23.5 Å². The molecule has 0 spiro atoms. The summed E-state index contributed by atoms with van der Waals surface area (Å²) in [5.41, 5.74) is 1.68. The number of carbonyl (C=O) groups excluding carboxylic acids is 1. The topological polar surface area (TPSA) is 76.1 Å². The summed E-state index contributed by atoms with van der Waals surface area (Å²) in [4.78, 5) is 24.3. The first-order valence-corrected chi connectivity index (χ1v) is 8.30. The molecule has 0 radical (unpaired) electrons. The molecule has 138 valence electrons. The van der Waals surface area contributed by atoms with Gasteiger partial charge in [0.2, 0.25) is 0 Å². The highest BCUT2D eigenvalue weighted by Gasteiger charge is 2.12. The summed E-state index contributed by atoms with van der Waals surface area (Å²) in [5.74, 6) is -0.158. The molecule has 0 aromatic heterocycles. The third kappa shape index (κ3) is 5.67. The molecule has 7 heteroatoms. The summed E-state index contributed by atoms with van der Waals surface area (Å²) < 4.78 is 10.6. The van der Waals surface area contributed by atoms with E-state index in [1.54, 1.807) is 54.4 Å². The van der Waals surface area contributed by atoms with Gasteiger partial charge in [0.15, 0.2) is 13.2 Å². The lowest BCUT2D eigenvalue weighted by atomic mass is 10.2. The van der Waals surface area contributed by atoms with Crippen LogP contribution in [0, 0.1) is 6.92 Å². The number of carboxylic acids is 1. The van der Waals surface area contributed by atoms with E-state index >= 15 is 0 Å². The molecule has 0 aliphatic rings. The monoisotopic (exact) mass is 377 g/mol. The second kappa shape index (κ2) is 9.10. The van der Waals surface area contributed by atoms with Crippen LogP contribution in [0.4, 0.5) is 0 Å². The van der Waals surface area contributed by atoms with Gasteiger partial charge in [0.1, 0.15) is 11.5 Å². The van der Waals surface area contributed by atoms with Crippen molar-refractivity contribution in [2.24, 2.45) is 0 Å². The number of hydrogen-bond acceptors (Lipinski definition) is 4. The summed E-state index contributed by atoms with van der Waals surface area (Å²) in [6.07, 6.45) is 0. The maximum Gasteiger partial charge on any atom is 0.341 e. The number of amides is 1. The molecule has 0 heterocycles. The maximum atomic E-state index is 12.2. The molecule has 0 bridgehead atoms. The van der Waals surface area contributed by atoms with Crippen LogP contribution in [0.3, 0.4) is 0 Å². The minimum Gasteiger partial charge on any atom is -0.483 e. The lowest BCUT2D eigenvalue weighted by molar-refractivity contribution is -0.139. The molecule has 0 atom stereocenters. The number of nitrogens with zero attached hydrogens (tertiary/aromatic N) is 1. The number of halogens is 1. The fraction of sp³-hybridized carbons (Fsp3) is 0.263. The van der Waals surface area contributed by atoms with E-state index in [4.69, 9.17) is 26.2 Å². The zero-order chi connectivity index (χ0) is 19.1. The van der Waals surface area contributed by atoms with Crippen molar-refractivity contribution in [1.29, 1.82) is 0 Å². The summed E-state index contributed by atoms with van der Waals surface area (Å²) in [7, 11) is 1.69. The SMILES string of the molecule is Cc1c(Cl)cccc1OCC(=O)N(C)Cc1ccc(OCC(=O)O)cc1. The molecule has 1 N–H and O–H groups in total. The highest BCUT2D eigenvalue weighted by molar-refractivity contribution is 6.31. The number of carboxylic acid groups (broad SMARTS) is 1. The Morgan fingerprint density at radius 1 is 1.08 bits per heavy atom. The second-order valence-corrected chi connectivity index (χ2v) is 6.14. The number of rotatable bonds is 8. The molecule has 0 saturated carbocycles. The van der Waals surface area contributed by atoms with E-state index in [1.165, 1.54) is 0 Å². The predicted octanol–water partition coefficient (Wildman–Crippen LogP) is 3.15. The Morgan fingerprint density at radius 2 is 1.77 bits per heavy atom. The van der Waals surface area contributed by atoms with Crippen LogP contribution in [0.5, 0.6) is 11.5 Å². The van der Waals surface area contributed by atoms with Gasteiger partial charge in [-0.3, -0.25) is 4.79 Å². The minimum atomic E-state index is -1.03. The Kier molecular flexibility index (Phi) is 6.86. The van der Waals surface area contributed by atoms with Gasteiger partial charge in [-0.15, -0.1) is 0 Å². The first kappa shape index (κ1) is 19.6. The predicted molar refractivity (Wildman–Crippen MR) is 97.7 cm³/mol. The van der Waals surface area contributed by atoms with Crippen LogP contribution in [-0.4, -0.2) is 42.1 Å². The Balaban J connectivity index is 1.86. The summed E-state index contributed by atoms with van der Waals surface area (Å²) in [6.45, 7) is 1.76. The molecule has 0 saturated heterocycles. The van der Waals surface area contributed by atoms with Gasteiger partial charge in [0, 0.05) is 24.2 Å². The van der Waals surface area contributed by atoms with Crippen molar-refractivity contribution in [2.75, 3.05) is 20.3 Å². The molecule has 2 rings (SSSR count). The smallest absolute Gasteiger partial charge is 0.341 e. The van der Waals surface area contributed by atoms with Gasteiger partial charge < -0.3 is 19.5 Å². The average molecular weight is 378 g/mol. The zero-order valence-electron chi connectivity index (χ0n) is 14.6. The van der Waals surface area contributed by atoms with Gasteiger partial charge in [-0.05, 0) is 36.8 Å². The van der Waals surface area contributed by atoms with E-state index in [2.05, 4.69) is 0 Å². The van der Waals surface area contributed by atoms with E-state index in [9.17, 15) is 9.59 Å². The normalized spacial score (nSPS) is 10.3. The molecular formula is C19H20ClNO5. The first-order valence-electron chi connectivity index (χ1n) is 7.92. The van der Waals surface area contributed by atoms with Crippen molar-refractivity contribution < 1.29 is 24.2 Å². The molecule has 26 heavy (non-hydrogen) atoms. The number of ether oxygens (including phenoxy) is 2. The van der Waals surface area contributed by atoms with Gasteiger partial charge in [0.25, 0.3) is 5.91 Å². The Morgan fingerprint density at radius 3 is 2.42 bits per heavy atom. The Bertz CT molecular complexity index is 776. The van der Waals surface area contributed by atoms with Crippen LogP contribution in [-0.2, 0) is 16.1 Å². The van der Waals surface area contributed by atoms with Gasteiger partial charge in [-0.2, -0.15) is 0 Å². The van der Waals surface area contributed by atoms with E-state index in [1.807, 2.05) is 6.92 Å². The number of hydrogen-bond donors (Lipinski definition) is 1. The van der Waals surface area contributed by atoms with Gasteiger partial charge in [0.05, 0.1) is 0 Å². The van der Waals surface area contributed by atoms with Gasteiger partial charge >= 0.3 is 5.97 Å². The Hall–Kier alpha value is -2.73. The average Bonchev–Trinajstić information content (AvgIpc) is 2.62. The van der Waals surface area contributed by atoms with Crippen LogP contribution in [0.15, 0.2) is 42.5 Å². The summed E-state index contributed by atoms with van der Waals surface area (Å²) in [6, 6.07) is 12.2. The number of aliphatic carboxylic acids is 1. The quantitative estimate of drug-likeness (QED) is 0.764. The largest absolute Gasteiger partial charge is 0.483 e. The third-order valence-corrected chi connectivity index (χ3v) is 4.11. The van der Waals surface area contributed by atoms with Crippen molar-refractivity contribution in [3.8, 4) is 11.5 Å². The number of carbonyl (C=O) groups is 2. The van der Waals surface area contributed by atoms with Crippen LogP contribution >= 0.6 is 11.6 Å². The fourth-order valence-electron chi connectivity index (χ4n) is 2.19. The lowest BCUT2D eigenvalue weighted by Gasteiger charge is -2.18. The summed E-state index contributed by atoms with van der Waals surface area (Å²) in [5, 5.41) is 9.18. The molecule has 0 aliphatic heterocycles. The van der Waals surface area contributed by atoms with E-state index in [-0.39, 0.29) is 12.5 Å². The molecular weight excluding hydrogens is 358 g/mol. The molecule has 6 nitrogen and oxygen atoms in total. The van der Waals surface area contributed by atoms with E-state index in [0.717, 1.165) is 11.1 Å². The Labute approximate surface area is 156 Å². The maximum absolute atomic E-state index is 12.2. The second-order valence-electron chi connectivity index (χ2n) is 5.73. The molecule has 0 aliphatic carbocycles. The van der Waals surface area contributed by atoms with Crippen LogP contribution in [0.1, 0.15) is 11.1 Å². The van der Waals surface area contributed by atoms with Gasteiger partial charge in [-0.1, -0.05) is 29.8 Å². The van der Waals surface area contributed by atoms with E-state index in [0.29, 0.717) is 23.1 Å². The van der Waals surface area contributed by atoms with Crippen LogP contribution < -0.4 is 9.47 Å². The standard InChI is InChI=1S/C19H20ClNO5/c1-13-16(20)4-3-5-17(13)26-11-18(22)21(2)10-14-6-8-15(9-7-14)25-12-19(23)24/h3-9H,10-12H2,1-2H3,(H,23,24). The molecule has 1 amide bonds. The molecule has 0 fully saturated rings. The van der Waals surface area contributed by atoms with E-state index < -0.39 is 12.6 Å². The van der Waals surface area contributed by atoms with Crippen molar-refractivity contribution in [3.63, 3.8) is 0 Å². The van der Waals surface area contributed by atoms with Crippen molar-refractivity contribution in [1.82, 2.24) is 4.90 Å².